The lowest BCUT2D eigenvalue weighted by Gasteiger charge is -2.42. The fraction of sp³-hybridized carbons (Fsp3) is 0.0571. The lowest BCUT2D eigenvalue weighted by Crippen LogP contribution is -2.30. The molecule has 9 nitrogen and oxygen atoms in total. The van der Waals surface area contributed by atoms with Gasteiger partial charge in [0.2, 0.25) is 0 Å². The maximum absolute atomic E-state index is 10.4. The van der Waals surface area contributed by atoms with Crippen molar-refractivity contribution in [2.75, 3.05) is 9.80 Å². The lowest BCUT2D eigenvalue weighted by molar-refractivity contribution is 0.632. The molecule has 26 rings (SSSR count). The molecule has 0 atom stereocenters. The second-order valence-corrected chi connectivity index (χ2v) is 35.5. The van der Waals surface area contributed by atoms with Crippen LogP contribution >= 0.6 is 61.1 Å². The maximum atomic E-state index is 10.4. The van der Waals surface area contributed by atoms with Crippen molar-refractivity contribution < 1.29 is 0 Å². The summed E-state index contributed by atoms with van der Waals surface area (Å²) in [6.45, 7) is 9.29. The van der Waals surface area contributed by atoms with Gasteiger partial charge in [-0.3, -0.25) is 0 Å². The van der Waals surface area contributed by atoms with Crippen LogP contribution in [0.25, 0.3) is 152 Å². The van der Waals surface area contributed by atoms with Gasteiger partial charge < -0.3 is 27.4 Å². The van der Waals surface area contributed by atoms with E-state index in [0.717, 1.165) is 75.8 Å². The second-order valence-electron chi connectivity index (χ2n) is 32.1. The molecular weight excluding hydrogens is 1720 g/mol. The number of hydrogen-bond donors (Lipinski definition) is 0. The van der Waals surface area contributed by atoms with E-state index in [1.807, 2.05) is 24.3 Å². The first-order valence-electron chi connectivity index (χ1n) is 39.2. The molecule has 0 radical (unpaired) electrons. The molecule has 0 unspecified atom stereocenters. The first kappa shape index (κ1) is 69.3. The van der Waals surface area contributed by atoms with Crippen LogP contribution in [0.15, 0.2) is 320 Å². The van der Waals surface area contributed by atoms with Crippen molar-refractivity contribution in [1.29, 1.82) is 15.8 Å². The van der Waals surface area contributed by atoms with Crippen LogP contribution in [0.4, 0.5) is 34.1 Å². The summed E-state index contributed by atoms with van der Waals surface area (Å²) in [5, 5.41) is 48.4. The van der Waals surface area contributed by atoms with Crippen LogP contribution in [0.5, 0.6) is 0 Å². The smallest absolute Gasteiger partial charge is 0.0992 e. The molecule has 16 aromatic carbocycles. The van der Waals surface area contributed by atoms with E-state index in [-0.39, 0.29) is 10.8 Å². The fourth-order valence-corrected chi connectivity index (χ4v) is 21.7. The summed E-state index contributed by atoms with van der Waals surface area (Å²) in [5.74, 6) is 0. The highest BCUT2D eigenvalue weighted by atomic mass is 127. The molecule has 0 aliphatic carbocycles. The molecule has 0 amide bonds. The molecule has 550 valence electrons. The Morgan fingerprint density at radius 2 is 0.479 bits per heavy atom. The van der Waals surface area contributed by atoms with Crippen LogP contribution in [-0.2, 0) is 10.8 Å². The van der Waals surface area contributed by atoms with E-state index < -0.39 is 0 Å². The van der Waals surface area contributed by atoms with Crippen molar-refractivity contribution in [3.05, 3.63) is 366 Å². The molecule has 0 N–H and O–H groups in total. The molecular formula is C105H64BrI2N9. The molecule has 10 heterocycles. The molecule has 0 spiro atoms. The number of rotatable bonds is 2. The zero-order chi connectivity index (χ0) is 78.8. The summed E-state index contributed by atoms with van der Waals surface area (Å²) in [6, 6.07) is 120. The summed E-state index contributed by atoms with van der Waals surface area (Å²) >= 11 is 8.35. The first-order valence-corrected chi connectivity index (χ1v) is 42.2. The van der Waals surface area contributed by atoms with Crippen molar-refractivity contribution in [3.8, 4) is 18.2 Å². The zero-order valence-corrected chi connectivity index (χ0v) is 69.6. The molecule has 117 heavy (non-hydrogen) atoms. The summed E-state index contributed by atoms with van der Waals surface area (Å²) in [4.78, 5) is 4.82. The van der Waals surface area contributed by atoms with E-state index in [1.54, 1.807) is 0 Å². The minimum atomic E-state index is -0.127. The van der Waals surface area contributed by atoms with Crippen molar-refractivity contribution in [2.24, 2.45) is 0 Å². The van der Waals surface area contributed by atoms with E-state index in [0.29, 0.717) is 5.56 Å². The average Bonchev–Trinajstić information content (AvgIpc) is 1.33. The average molecular weight is 1790 g/mol. The number of halogens is 3. The van der Waals surface area contributed by atoms with Gasteiger partial charge in [-0.05, 0) is 237 Å². The third-order valence-electron chi connectivity index (χ3n) is 25.2. The zero-order valence-electron chi connectivity index (χ0n) is 63.7. The number of aromatic nitrogens is 4. The van der Waals surface area contributed by atoms with Crippen LogP contribution in [0.3, 0.4) is 0 Å². The van der Waals surface area contributed by atoms with Crippen molar-refractivity contribution in [2.45, 2.75) is 38.5 Å². The highest BCUT2D eigenvalue weighted by Gasteiger charge is 2.39. The molecule has 0 bridgehead atoms. The largest absolute Gasteiger partial charge is 0.310 e. The molecule has 0 saturated heterocycles. The lowest BCUT2D eigenvalue weighted by atomic mass is 9.73. The van der Waals surface area contributed by atoms with Crippen molar-refractivity contribution in [1.82, 2.24) is 17.6 Å². The third kappa shape index (κ3) is 9.88. The highest BCUT2D eigenvalue weighted by molar-refractivity contribution is 14.1. The highest BCUT2D eigenvalue weighted by Crippen LogP contribution is 2.56. The number of nitrogens with zero attached hydrogens (tertiary/aromatic N) is 9. The van der Waals surface area contributed by atoms with E-state index in [9.17, 15) is 15.8 Å². The number of fused-ring (bicyclic) bond motifs is 28. The minimum Gasteiger partial charge on any atom is -0.310 e. The Morgan fingerprint density at radius 3 is 0.769 bits per heavy atom. The predicted octanol–water partition coefficient (Wildman–Crippen LogP) is 29.2. The van der Waals surface area contributed by atoms with Crippen molar-refractivity contribution in [3.63, 3.8) is 0 Å². The summed E-state index contributed by atoms with van der Waals surface area (Å²) in [6.07, 6.45) is 0. The predicted molar refractivity (Wildman–Crippen MR) is 505 cm³/mol. The number of anilines is 6. The minimum absolute atomic E-state index is 0.127. The van der Waals surface area contributed by atoms with Crippen molar-refractivity contribution >= 4 is 248 Å². The van der Waals surface area contributed by atoms with Gasteiger partial charge in [0.05, 0.1) is 124 Å². The van der Waals surface area contributed by atoms with E-state index in [2.05, 4.69) is 426 Å². The number of nitriles is 3. The van der Waals surface area contributed by atoms with Gasteiger partial charge in [0.25, 0.3) is 0 Å². The van der Waals surface area contributed by atoms with Gasteiger partial charge in [0.15, 0.2) is 0 Å². The Hall–Kier alpha value is -13.3. The molecule has 0 fully saturated rings. The molecule has 2 aliphatic heterocycles. The van der Waals surface area contributed by atoms with E-state index in [1.165, 1.54) is 156 Å². The van der Waals surface area contributed by atoms with E-state index in [4.69, 9.17) is 0 Å². The first-order chi connectivity index (χ1) is 57.2. The summed E-state index contributed by atoms with van der Waals surface area (Å²) in [5.41, 5.74) is 28.7. The summed E-state index contributed by atoms with van der Waals surface area (Å²) in [7, 11) is 0. The van der Waals surface area contributed by atoms with Gasteiger partial charge in [-0.1, -0.05) is 189 Å². The van der Waals surface area contributed by atoms with Gasteiger partial charge in [-0.2, -0.15) is 15.8 Å². The van der Waals surface area contributed by atoms with Crippen LogP contribution < -0.4 is 9.80 Å². The Labute approximate surface area is 707 Å². The Kier molecular flexibility index (Phi) is 15.2. The summed E-state index contributed by atoms with van der Waals surface area (Å²) < 4.78 is 13.0. The Morgan fingerprint density at radius 1 is 0.248 bits per heavy atom. The van der Waals surface area contributed by atoms with Gasteiger partial charge in [0.1, 0.15) is 0 Å². The van der Waals surface area contributed by atoms with Crippen LogP contribution in [0, 0.1) is 41.1 Å². The number of hydrogen-bond acceptors (Lipinski definition) is 5. The Bertz CT molecular complexity index is 7980. The standard InChI is InChI=1S/C49H36N4.C19H8I2N2.C19H10N2.C18H10BrN/c1-48(2)37-13-5-9-17-43(37)51(44-18-10-6-14-38(44)48)31-21-23-41-33(27-31)35-25-30(29-50)26-36-34-28-32(22-24-42(34)53(41)47(35)36)52-45-19-11-7-15-39(45)49(3,4)40-16-8-12-20-46(40)52;20-11-1-3-17-13(7-11)15-5-10(9-22)6-16-14-8-12(21)2-4-18(14)23(17)19(15)16;20-11-12-9-15-13-5-1-3-7-17(13)21-18-8-4-2-6-14(18)16(10-12)19(15)21;19-11-9-14-12-5-1-3-7-16(12)20-17-8-4-2-6-13(17)15(10-11)18(14)20/h5-28H,1-4H3;1-8H;1-10H;1-10H. The van der Waals surface area contributed by atoms with E-state index >= 15 is 0 Å². The fourth-order valence-electron chi connectivity index (χ4n) is 20.3. The normalized spacial score (nSPS) is 13.5. The molecule has 24 aromatic rings. The van der Waals surface area contributed by atoms with Gasteiger partial charge in [0, 0.05) is 120 Å². The van der Waals surface area contributed by atoms with Crippen LogP contribution in [0.1, 0.15) is 66.6 Å². The molecule has 12 heteroatoms. The molecule has 8 aromatic heterocycles. The number of benzene rings is 16. The van der Waals surface area contributed by atoms with Crippen LogP contribution in [0.2, 0.25) is 0 Å². The second kappa shape index (κ2) is 25.6. The third-order valence-corrected chi connectivity index (χ3v) is 27.0. The topological polar surface area (TPSA) is 95.5 Å². The monoisotopic (exact) mass is 1780 g/mol. The number of para-hydroxylation sites is 8. The van der Waals surface area contributed by atoms with Gasteiger partial charge in [-0.15, -0.1) is 0 Å². The van der Waals surface area contributed by atoms with Gasteiger partial charge in [-0.25, -0.2) is 0 Å². The molecule has 2 aliphatic rings. The quantitative estimate of drug-likeness (QED) is 0.161. The molecule has 0 saturated carbocycles. The Balaban J connectivity index is 0.000000103. The van der Waals surface area contributed by atoms with Gasteiger partial charge >= 0.3 is 0 Å². The maximum Gasteiger partial charge on any atom is 0.0992 e. The van der Waals surface area contributed by atoms with Crippen LogP contribution in [-0.4, -0.2) is 17.6 Å². The SMILES string of the molecule is Brc1cc2c3ccccc3n3c4ccccc4c(c1)c23.CC1(C)c2ccccc2N(c2ccc3c(c2)c2cc(C#N)cc4c5cc(N6c7ccccc7C(C)(C)c7ccccc76)ccc5n3c24)c2ccccc21.N#Cc1cc2c3cc(I)ccc3n3c4ccc(I)cc4c(c1)c23.N#Cc1cc2c3ccccc3n3c4ccccc4c(c1)c23.